The van der Waals surface area contributed by atoms with E-state index in [0.717, 1.165) is 50.6 Å². The lowest BCUT2D eigenvalue weighted by molar-refractivity contribution is -0.134. The highest BCUT2D eigenvalue weighted by Crippen LogP contribution is 2.13. The lowest BCUT2D eigenvalue weighted by Crippen LogP contribution is -2.42. The van der Waals surface area contributed by atoms with Gasteiger partial charge in [-0.3, -0.25) is 14.5 Å². The molecule has 1 aromatic heterocycles. The van der Waals surface area contributed by atoms with Gasteiger partial charge >= 0.3 is 0 Å². The van der Waals surface area contributed by atoms with Gasteiger partial charge in [0, 0.05) is 32.2 Å². The van der Waals surface area contributed by atoms with E-state index in [1.54, 1.807) is 18.1 Å². The van der Waals surface area contributed by atoms with Crippen LogP contribution in [0.15, 0.2) is 41.1 Å². The van der Waals surface area contributed by atoms with Gasteiger partial charge in [0.15, 0.2) is 5.82 Å². The number of hydrogen-bond donors (Lipinski definition) is 1. The summed E-state index contributed by atoms with van der Waals surface area (Å²) in [6, 6.07) is 8.92. The van der Waals surface area contributed by atoms with Crippen LogP contribution in [0.4, 0.5) is 5.82 Å². The highest BCUT2D eigenvalue weighted by atomic mass is 16.5. The average Bonchev–Trinajstić information content (AvgIpc) is 3.27. The molecule has 0 bridgehead atoms. The van der Waals surface area contributed by atoms with Crippen molar-refractivity contribution in [2.24, 2.45) is 0 Å². The minimum absolute atomic E-state index is 0.0367. The molecule has 9 heteroatoms. The first-order valence-corrected chi connectivity index (χ1v) is 10.0. The number of nitrogens with one attached hydrogen (secondary N) is 1. The maximum atomic E-state index is 12.9. The highest BCUT2D eigenvalue weighted by molar-refractivity contribution is 5.94. The van der Waals surface area contributed by atoms with Gasteiger partial charge in [-0.25, -0.2) is 0 Å². The van der Waals surface area contributed by atoms with Gasteiger partial charge in [0.1, 0.15) is 12.0 Å². The standard InChI is InChI=1S/C21H28N4O5/c1-28-18-5-3-17(4-6-18)15-21(27)25(9-2-8-24-10-13-29-14-11-24)16-20(26)22-19-7-12-30-23-19/h3-7,12H,2,8-11,13-16H2,1H3,(H,22,23,26). The van der Waals surface area contributed by atoms with Gasteiger partial charge in [0.2, 0.25) is 11.8 Å². The fraction of sp³-hybridized carbons (Fsp3) is 0.476. The molecule has 1 N–H and O–H groups in total. The van der Waals surface area contributed by atoms with Crippen LogP contribution in [0.2, 0.25) is 0 Å². The predicted molar refractivity (Wildman–Crippen MR) is 110 cm³/mol. The molecule has 0 radical (unpaired) electrons. The molecule has 9 nitrogen and oxygen atoms in total. The first-order chi connectivity index (χ1) is 14.6. The summed E-state index contributed by atoms with van der Waals surface area (Å²) < 4.78 is 15.3. The number of benzene rings is 1. The third kappa shape index (κ3) is 6.85. The van der Waals surface area contributed by atoms with Crippen molar-refractivity contribution in [3.05, 3.63) is 42.2 Å². The summed E-state index contributed by atoms with van der Waals surface area (Å²) in [5.74, 6) is 0.659. The molecule has 3 rings (SSSR count). The molecule has 1 aliphatic rings. The molecule has 0 atom stereocenters. The van der Waals surface area contributed by atoms with Crippen molar-refractivity contribution < 1.29 is 23.6 Å². The van der Waals surface area contributed by atoms with Crippen molar-refractivity contribution in [3.8, 4) is 5.75 Å². The first kappa shape index (κ1) is 21.8. The number of ether oxygens (including phenoxy) is 2. The molecule has 1 saturated heterocycles. The Bertz CT molecular complexity index is 788. The molecule has 30 heavy (non-hydrogen) atoms. The SMILES string of the molecule is COc1ccc(CC(=O)N(CCCN2CCOCC2)CC(=O)Nc2ccon2)cc1. The Morgan fingerprint density at radius 1 is 1.20 bits per heavy atom. The van der Waals surface area contributed by atoms with Crippen LogP contribution >= 0.6 is 0 Å². The van der Waals surface area contributed by atoms with Gasteiger partial charge in [0.25, 0.3) is 0 Å². The molecule has 1 fully saturated rings. The monoisotopic (exact) mass is 416 g/mol. The molecular weight excluding hydrogens is 388 g/mol. The van der Waals surface area contributed by atoms with Crippen molar-refractivity contribution >= 4 is 17.6 Å². The second kappa shape index (κ2) is 11.3. The van der Waals surface area contributed by atoms with Gasteiger partial charge in [0.05, 0.1) is 33.3 Å². The van der Waals surface area contributed by atoms with Crippen LogP contribution < -0.4 is 10.1 Å². The van der Waals surface area contributed by atoms with Gasteiger partial charge < -0.3 is 24.2 Å². The second-order valence-electron chi connectivity index (χ2n) is 7.08. The third-order valence-corrected chi connectivity index (χ3v) is 4.91. The van der Waals surface area contributed by atoms with Crippen LogP contribution in [-0.2, 0) is 20.7 Å². The summed E-state index contributed by atoms with van der Waals surface area (Å²) >= 11 is 0. The van der Waals surface area contributed by atoms with E-state index >= 15 is 0 Å². The van der Waals surface area contributed by atoms with E-state index in [2.05, 4.69) is 15.4 Å². The molecule has 1 aromatic carbocycles. The summed E-state index contributed by atoms with van der Waals surface area (Å²) in [5, 5.41) is 6.32. The van der Waals surface area contributed by atoms with E-state index in [-0.39, 0.29) is 24.8 Å². The number of anilines is 1. The molecular formula is C21H28N4O5. The zero-order chi connectivity index (χ0) is 21.2. The van der Waals surface area contributed by atoms with Crippen LogP contribution in [0.25, 0.3) is 0 Å². The quantitative estimate of drug-likeness (QED) is 0.626. The summed E-state index contributed by atoms with van der Waals surface area (Å²) in [6.45, 7) is 4.59. The lowest BCUT2D eigenvalue weighted by Gasteiger charge is -2.28. The topological polar surface area (TPSA) is 97.1 Å². The van der Waals surface area contributed by atoms with E-state index < -0.39 is 0 Å². The van der Waals surface area contributed by atoms with Crippen LogP contribution in [0.3, 0.4) is 0 Å². The Kier molecular flexibility index (Phi) is 8.22. The molecule has 0 unspecified atom stereocenters. The Morgan fingerprint density at radius 2 is 1.97 bits per heavy atom. The molecule has 2 aromatic rings. The van der Waals surface area contributed by atoms with Crippen molar-refractivity contribution in [1.29, 1.82) is 0 Å². The maximum absolute atomic E-state index is 12.9. The summed E-state index contributed by atoms with van der Waals surface area (Å²) in [5.41, 5.74) is 0.871. The Morgan fingerprint density at radius 3 is 2.63 bits per heavy atom. The Labute approximate surface area is 175 Å². The smallest absolute Gasteiger partial charge is 0.245 e. The number of morpholine rings is 1. The molecule has 0 spiro atoms. The van der Waals surface area contributed by atoms with Crippen molar-refractivity contribution in [3.63, 3.8) is 0 Å². The molecule has 0 saturated carbocycles. The Hall–Kier alpha value is -2.91. The van der Waals surface area contributed by atoms with Gasteiger partial charge in [-0.15, -0.1) is 0 Å². The number of rotatable bonds is 10. The maximum Gasteiger partial charge on any atom is 0.245 e. The molecule has 162 valence electrons. The fourth-order valence-electron chi connectivity index (χ4n) is 3.26. The lowest BCUT2D eigenvalue weighted by atomic mass is 10.1. The van der Waals surface area contributed by atoms with Crippen molar-refractivity contribution in [1.82, 2.24) is 15.0 Å². The number of amides is 2. The average molecular weight is 416 g/mol. The van der Waals surface area contributed by atoms with Gasteiger partial charge in [-0.2, -0.15) is 0 Å². The largest absolute Gasteiger partial charge is 0.497 e. The van der Waals surface area contributed by atoms with E-state index in [9.17, 15) is 9.59 Å². The predicted octanol–water partition coefficient (Wildman–Crippen LogP) is 1.42. The summed E-state index contributed by atoms with van der Waals surface area (Å²) in [6.07, 6.45) is 2.38. The number of carbonyl (C=O) groups excluding carboxylic acids is 2. The van der Waals surface area contributed by atoms with E-state index in [0.29, 0.717) is 12.4 Å². The van der Waals surface area contributed by atoms with Gasteiger partial charge in [-0.05, 0) is 24.1 Å². The summed E-state index contributed by atoms with van der Waals surface area (Å²) in [7, 11) is 1.60. The van der Waals surface area contributed by atoms with Crippen LogP contribution in [0.5, 0.6) is 5.75 Å². The second-order valence-corrected chi connectivity index (χ2v) is 7.08. The number of carbonyl (C=O) groups is 2. The van der Waals surface area contributed by atoms with E-state index in [1.807, 2.05) is 24.3 Å². The molecule has 2 amide bonds. The molecule has 2 heterocycles. The number of nitrogens with zero attached hydrogens (tertiary/aromatic N) is 3. The number of hydrogen-bond acceptors (Lipinski definition) is 7. The Balaban J connectivity index is 1.57. The minimum Gasteiger partial charge on any atom is -0.497 e. The molecule has 1 aliphatic heterocycles. The minimum atomic E-state index is -0.307. The van der Waals surface area contributed by atoms with Crippen LogP contribution in [-0.4, -0.2) is 79.8 Å². The zero-order valence-electron chi connectivity index (χ0n) is 17.2. The number of aromatic nitrogens is 1. The first-order valence-electron chi connectivity index (χ1n) is 10.0. The normalized spacial score (nSPS) is 14.3. The van der Waals surface area contributed by atoms with E-state index in [1.165, 1.54) is 6.26 Å². The number of methoxy groups -OCH3 is 1. The highest BCUT2D eigenvalue weighted by Gasteiger charge is 2.19. The molecule has 0 aliphatic carbocycles. The van der Waals surface area contributed by atoms with Crippen molar-refractivity contribution in [2.75, 3.05) is 58.4 Å². The van der Waals surface area contributed by atoms with Gasteiger partial charge in [-0.1, -0.05) is 17.3 Å². The summed E-state index contributed by atoms with van der Waals surface area (Å²) in [4.78, 5) is 29.2. The van der Waals surface area contributed by atoms with E-state index in [4.69, 9.17) is 14.0 Å². The van der Waals surface area contributed by atoms with Crippen LogP contribution in [0.1, 0.15) is 12.0 Å². The third-order valence-electron chi connectivity index (χ3n) is 4.91. The van der Waals surface area contributed by atoms with Crippen molar-refractivity contribution in [2.45, 2.75) is 12.8 Å². The fourth-order valence-corrected chi connectivity index (χ4v) is 3.26. The zero-order valence-corrected chi connectivity index (χ0v) is 17.2. The van der Waals surface area contributed by atoms with Crippen LogP contribution in [0, 0.1) is 0 Å².